The van der Waals surface area contributed by atoms with Gasteiger partial charge in [-0.15, -0.1) is 0 Å². The molecule has 10 heteroatoms. The smallest absolute Gasteiger partial charge is 0.325 e. The Bertz CT molecular complexity index is 858. The molecule has 1 aromatic carbocycles. The van der Waals surface area contributed by atoms with E-state index in [9.17, 15) is 21.6 Å². The number of carbonyl (C=O) groups excluding carboxylic acids is 1. The zero-order valence-electron chi connectivity index (χ0n) is 14.4. The molecule has 8 nitrogen and oxygen atoms in total. The summed E-state index contributed by atoms with van der Waals surface area (Å²) in [6.45, 7) is 2.06. The Balaban J connectivity index is 2.45. The van der Waals surface area contributed by atoms with Gasteiger partial charge in [0.05, 0.1) is 23.9 Å². The predicted octanol–water partition coefficient (Wildman–Crippen LogP) is 0.434. The maximum atomic E-state index is 12.9. The highest BCUT2D eigenvalue weighted by atomic mass is 32.2. The molecule has 1 aliphatic rings. The molecule has 140 valence electrons. The summed E-state index contributed by atoms with van der Waals surface area (Å²) in [7, 11) is -5.35. The van der Waals surface area contributed by atoms with Crippen molar-refractivity contribution in [3.8, 4) is 5.75 Å². The molecule has 0 spiro atoms. The quantitative estimate of drug-likeness (QED) is 0.685. The highest BCUT2D eigenvalue weighted by molar-refractivity contribution is 7.94. The first kappa shape index (κ1) is 19.7. The Morgan fingerprint density at radius 1 is 1.20 bits per heavy atom. The van der Waals surface area contributed by atoms with Gasteiger partial charge in [-0.05, 0) is 38.1 Å². The minimum atomic E-state index is -3.98. The number of sulfonamides is 1. The van der Waals surface area contributed by atoms with Crippen molar-refractivity contribution in [2.24, 2.45) is 0 Å². The van der Waals surface area contributed by atoms with Crippen LogP contribution in [-0.4, -0.2) is 64.4 Å². The molecular weight excluding hydrogens is 370 g/mol. The number of rotatable bonds is 4. The Morgan fingerprint density at radius 2 is 1.76 bits per heavy atom. The number of esters is 1. The Labute approximate surface area is 147 Å². The summed E-state index contributed by atoms with van der Waals surface area (Å²) in [4.78, 5) is 11.9. The van der Waals surface area contributed by atoms with E-state index in [0.29, 0.717) is 5.75 Å². The first-order valence-corrected chi connectivity index (χ1v) is 10.4. The number of nitrogens with zero attached hydrogens (tertiary/aromatic N) is 1. The lowest BCUT2D eigenvalue weighted by Crippen LogP contribution is -2.61. The lowest BCUT2D eigenvalue weighted by molar-refractivity contribution is -0.140. The zero-order valence-corrected chi connectivity index (χ0v) is 16.1. The van der Waals surface area contributed by atoms with E-state index in [1.807, 2.05) is 0 Å². The molecule has 25 heavy (non-hydrogen) atoms. The van der Waals surface area contributed by atoms with Gasteiger partial charge in [-0.25, -0.2) is 16.8 Å². The molecule has 1 aromatic rings. The van der Waals surface area contributed by atoms with Crippen molar-refractivity contribution in [3.63, 3.8) is 0 Å². The third-order valence-corrected chi connectivity index (χ3v) is 8.82. The van der Waals surface area contributed by atoms with Crippen LogP contribution in [0.25, 0.3) is 0 Å². The summed E-state index contributed by atoms with van der Waals surface area (Å²) >= 11 is 0. The van der Waals surface area contributed by atoms with Gasteiger partial charge in [0, 0.05) is 13.1 Å². The van der Waals surface area contributed by atoms with E-state index in [1.54, 1.807) is 0 Å². The summed E-state index contributed by atoms with van der Waals surface area (Å²) < 4.78 is 60.1. The molecule has 1 saturated heterocycles. The zero-order chi connectivity index (χ0) is 19.0. The Morgan fingerprint density at radius 3 is 2.24 bits per heavy atom. The van der Waals surface area contributed by atoms with Crippen LogP contribution in [0.3, 0.4) is 0 Å². The summed E-state index contributed by atoms with van der Waals surface area (Å²) in [5.41, 5.74) is 0. The van der Waals surface area contributed by atoms with Gasteiger partial charge in [-0.2, -0.15) is 4.31 Å². The van der Waals surface area contributed by atoms with E-state index < -0.39 is 42.4 Å². The molecule has 0 bridgehead atoms. The molecule has 0 radical (unpaired) electrons. The summed E-state index contributed by atoms with van der Waals surface area (Å²) in [5, 5.41) is -1.56. The van der Waals surface area contributed by atoms with Crippen LogP contribution in [0.4, 0.5) is 0 Å². The molecular formula is C15H21NO7S2. The number of hydrogen-bond acceptors (Lipinski definition) is 7. The summed E-state index contributed by atoms with van der Waals surface area (Å²) in [6, 6.07) is 5.74. The van der Waals surface area contributed by atoms with E-state index in [2.05, 4.69) is 4.74 Å². The number of ether oxygens (including phenoxy) is 2. The maximum absolute atomic E-state index is 12.9. The van der Waals surface area contributed by atoms with Gasteiger partial charge in [0.2, 0.25) is 10.0 Å². The van der Waals surface area contributed by atoms with Gasteiger partial charge in [0.15, 0.2) is 15.1 Å². The molecule has 1 unspecified atom stereocenters. The van der Waals surface area contributed by atoms with Gasteiger partial charge in [0.1, 0.15) is 5.75 Å². The van der Waals surface area contributed by atoms with Crippen molar-refractivity contribution in [1.82, 2.24) is 4.31 Å². The van der Waals surface area contributed by atoms with Crippen LogP contribution in [0, 0.1) is 0 Å². The highest BCUT2D eigenvalue weighted by Crippen LogP contribution is 2.32. The van der Waals surface area contributed by atoms with Crippen LogP contribution in [-0.2, 0) is 29.4 Å². The van der Waals surface area contributed by atoms with Crippen molar-refractivity contribution in [3.05, 3.63) is 24.3 Å². The second kappa shape index (κ2) is 6.58. The van der Waals surface area contributed by atoms with Crippen LogP contribution in [0.5, 0.6) is 5.75 Å². The molecule has 0 saturated carbocycles. The fourth-order valence-electron chi connectivity index (χ4n) is 2.66. The van der Waals surface area contributed by atoms with Crippen LogP contribution in [0.15, 0.2) is 29.2 Å². The largest absolute Gasteiger partial charge is 0.497 e. The van der Waals surface area contributed by atoms with Crippen LogP contribution >= 0.6 is 0 Å². The highest BCUT2D eigenvalue weighted by Gasteiger charge is 2.53. The SMILES string of the molecule is COC(=O)C1CN(S(=O)(=O)c2ccc(OC)cc2)CC(C)(C)S1(=O)=O. The molecule has 0 aromatic heterocycles. The van der Waals surface area contributed by atoms with Gasteiger partial charge < -0.3 is 9.47 Å². The fourth-order valence-corrected chi connectivity index (χ4v) is 6.28. The van der Waals surface area contributed by atoms with Crippen molar-refractivity contribution >= 4 is 25.8 Å². The second-order valence-electron chi connectivity index (χ2n) is 6.29. The first-order valence-electron chi connectivity index (χ1n) is 7.43. The van der Waals surface area contributed by atoms with Crippen LogP contribution in [0.1, 0.15) is 13.8 Å². The average Bonchev–Trinajstić information content (AvgIpc) is 2.56. The van der Waals surface area contributed by atoms with Crippen LogP contribution < -0.4 is 4.74 Å². The van der Waals surface area contributed by atoms with Gasteiger partial charge >= 0.3 is 5.97 Å². The normalized spacial score (nSPS) is 23.0. The molecule has 1 fully saturated rings. The number of sulfone groups is 1. The van der Waals surface area contributed by atoms with E-state index in [0.717, 1.165) is 11.4 Å². The van der Waals surface area contributed by atoms with Crippen LogP contribution in [0.2, 0.25) is 0 Å². The predicted molar refractivity (Wildman–Crippen MR) is 90.6 cm³/mol. The van der Waals surface area contributed by atoms with E-state index >= 15 is 0 Å². The second-order valence-corrected chi connectivity index (χ2v) is 11.0. The molecule has 1 aliphatic heterocycles. The number of methoxy groups -OCH3 is 2. The van der Waals surface area contributed by atoms with E-state index in [1.165, 1.54) is 45.2 Å². The van der Waals surface area contributed by atoms with Crippen molar-refractivity contribution in [2.45, 2.75) is 28.7 Å². The third-order valence-electron chi connectivity index (χ3n) is 4.23. The van der Waals surface area contributed by atoms with Crippen molar-refractivity contribution in [2.75, 3.05) is 27.3 Å². The molecule has 0 aliphatic carbocycles. The number of hydrogen-bond donors (Lipinski definition) is 0. The van der Waals surface area contributed by atoms with Crippen molar-refractivity contribution < 1.29 is 31.1 Å². The van der Waals surface area contributed by atoms with Gasteiger partial charge in [0.25, 0.3) is 0 Å². The van der Waals surface area contributed by atoms with E-state index in [-0.39, 0.29) is 11.4 Å². The summed E-state index contributed by atoms with van der Waals surface area (Å²) in [5.74, 6) is -0.476. The minimum absolute atomic E-state index is 0.00739. The Hall–Kier alpha value is -1.65. The summed E-state index contributed by atoms with van der Waals surface area (Å²) in [6.07, 6.45) is 0. The first-order chi connectivity index (χ1) is 11.5. The Kier molecular flexibility index (Phi) is 5.18. The van der Waals surface area contributed by atoms with E-state index in [4.69, 9.17) is 4.74 Å². The molecule has 0 N–H and O–H groups in total. The topological polar surface area (TPSA) is 107 Å². The average molecular weight is 391 g/mol. The molecule has 0 amide bonds. The molecule has 1 heterocycles. The lowest BCUT2D eigenvalue weighted by atomic mass is 10.2. The standard InChI is InChI=1S/C15H21NO7S2/c1-15(2)10-16(9-13(14(17)23-4)24(15,18)19)25(20,21)12-7-5-11(22-3)6-8-12/h5-8,13H,9-10H2,1-4H3. The number of benzene rings is 1. The fraction of sp³-hybridized carbons (Fsp3) is 0.533. The van der Waals surface area contributed by atoms with Gasteiger partial charge in [-0.1, -0.05) is 0 Å². The number of carbonyl (C=O) groups is 1. The lowest BCUT2D eigenvalue weighted by Gasteiger charge is -2.40. The van der Waals surface area contributed by atoms with Gasteiger partial charge in [-0.3, -0.25) is 4.79 Å². The van der Waals surface area contributed by atoms with Crippen molar-refractivity contribution in [1.29, 1.82) is 0 Å². The molecule has 2 rings (SSSR count). The molecule has 1 atom stereocenters. The third kappa shape index (κ3) is 3.38. The monoisotopic (exact) mass is 391 g/mol. The maximum Gasteiger partial charge on any atom is 0.325 e. The minimum Gasteiger partial charge on any atom is -0.497 e.